The van der Waals surface area contributed by atoms with Crippen LogP contribution in [0.5, 0.6) is 0 Å². The van der Waals surface area contributed by atoms with Crippen LogP contribution < -0.4 is 5.32 Å². The number of carbonyl (C=O) groups excluding carboxylic acids is 3. The molecule has 7 heteroatoms. The lowest BCUT2D eigenvalue weighted by Gasteiger charge is -2.15. The van der Waals surface area contributed by atoms with Crippen molar-refractivity contribution in [3.8, 4) is 0 Å². The Bertz CT molecular complexity index is 809. The summed E-state index contributed by atoms with van der Waals surface area (Å²) in [5, 5.41) is 3.28. The van der Waals surface area contributed by atoms with Gasteiger partial charge in [0.05, 0.1) is 19.2 Å². The summed E-state index contributed by atoms with van der Waals surface area (Å²) in [6, 6.07) is 3.90. The summed E-state index contributed by atoms with van der Waals surface area (Å²) < 4.78 is 10.5. The van der Waals surface area contributed by atoms with E-state index in [4.69, 9.17) is 9.15 Å². The van der Waals surface area contributed by atoms with E-state index in [1.54, 1.807) is 0 Å². The molecule has 0 bridgehead atoms. The van der Waals surface area contributed by atoms with Crippen molar-refractivity contribution < 1.29 is 23.5 Å². The van der Waals surface area contributed by atoms with Crippen LogP contribution in [0.25, 0.3) is 11.0 Å². The van der Waals surface area contributed by atoms with E-state index in [1.807, 2.05) is 26.0 Å². The molecule has 7 nitrogen and oxygen atoms in total. The zero-order valence-electron chi connectivity index (χ0n) is 14.8. The summed E-state index contributed by atoms with van der Waals surface area (Å²) in [6.07, 6.45) is 1.55. The third-order valence-electron chi connectivity index (χ3n) is 4.05. The molecule has 0 atom stereocenters. The molecule has 2 rings (SSSR count). The van der Waals surface area contributed by atoms with Gasteiger partial charge in [0, 0.05) is 25.0 Å². The Hall–Kier alpha value is -2.83. The number of likely N-dealkylation sites (N-methyl/N-ethyl adjacent to an activating group) is 2. The van der Waals surface area contributed by atoms with E-state index in [-0.39, 0.29) is 18.9 Å². The normalized spacial score (nSPS) is 10.6. The molecular formula is C18H22N2O5. The van der Waals surface area contributed by atoms with E-state index < -0.39 is 18.5 Å². The molecule has 0 unspecified atom stereocenters. The van der Waals surface area contributed by atoms with Crippen molar-refractivity contribution in [2.45, 2.75) is 20.3 Å². The summed E-state index contributed by atoms with van der Waals surface area (Å²) in [7, 11) is 2.96. The van der Waals surface area contributed by atoms with Crippen molar-refractivity contribution in [3.63, 3.8) is 0 Å². The van der Waals surface area contributed by atoms with Crippen LogP contribution in [0.15, 0.2) is 22.8 Å². The van der Waals surface area contributed by atoms with Crippen molar-refractivity contribution in [1.82, 2.24) is 10.2 Å². The maximum Gasteiger partial charge on any atom is 0.310 e. The van der Waals surface area contributed by atoms with E-state index in [2.05, 4.69) is 5.32 Å². The van der Waals surface area contributed by atoms with Gasteiger partial charge >= 0.3 is 5.97 Å². The standard InChI is InChI=1S/C18H22N2O5/c1-11-5-14-13(9-24-15(14)6-12(11)2)7-18(23)25-10-17(22)20(4)8-16(21)19-3/h5-6,9H,7-8,10H2,1-4H3,(H,19,21). The van der Waals surface area contributed by atoms with Crippen LogP contribution in [-0.4, -0.2) is 49.9 Å². The van der Waals surface area contributed by atoms with E-state index in [1.165, 1.54) is 25.3 Å². The molecule has 1 aromatic heterocycles. The zero-order chi connectivity index (χ0) is 18.6. The second-order valence-corrected chi connectivity index (χ2v) is 5.95. The number of nitrogens with one attached hydrogen (secondary N) is 1. The van der Waals surface area contributed by atoms with E-state index >= 15 is 0 Å². The minimum Gasteiger partial charge on any atom is -0.464 e. The first-order chi connectivity index (χ1) is 11.8. The molecule has 25 heavy (non-hydrogen) atoms. The zero-order valence-corrected chi connectivity index (χ0v) is 14.8. The molecule has 0 spiro atoms. The van der Waals surface area contributed by atoms with Gasteiger partial charge in [-0.05, 0) is 37.1 Å². The number of rotatable bonds is 6. The fourth-order valence-corrected chi connectivity index (χ4v) is 2.31. The predicted octanol–water partition coefficient (Wildman–Crippen LogP) is 1.34. The highest BCUT2D eigenvalue weighted by molar-refractivity contribution is 5.88. The molecular weight excluding hydrogens is 324 g/mol. The second kappa shape index (κ2) is 7.83. The Morgan fingerprint density at radius 1 is 1.20 bits per heavy atom. The van der Waals surface area contributed by atoms with Gasteiger partial charge in [-0.2, -0.15) is 0 Å². The lowest BCUT2D eigenvalue weighted by molar-refractivity contribution is -0.151. The van der Waals surface area contributed by atoms with Crippen molar-refractivity contribution in [2.24, 2.45) is 0 Å². The van der Waals surface area contributed by atoms with Crippen LogP contribution in [0.2, 0.25) is 0 Å². The van der Waals surface area contributed by atoms with Crippen molar-refractivity contribution in [2.75, 3.05) is 27.2 Å². The molecule has 0 saturated carbocycles. The number of ether oxygens (including phenoxy) is 1. The molecule has 0 radical (unpaired) electrons. The number of nitrogens with zero attached hydrogens (tertiary/aromatic N) is 1. The fourth-order valence-electron chi connectivity index (χ4n) is 2.31. The lowest BCUT2D eigenvalue weighted by Crippen LogP contribution is -2.39. The Balaban J connectivity index is 1.93. The van der Waals surface area contributed by atoms with Crippen LogP contribution >= 0.6 is 0 Å². The molecule has 0 aliphatic rings. The summed E-state index contributed by atoms with van der Waals surface area (Å²) in [5.41, 5.74) is 3.65. The van der Waals surface area contributed by atoms with Crippen molar-refractivity contribution in [3.05, 3.63) is 35.1 Å². The number of hydrogen-bond donors (Lipinski definition) is 1. The van der Waals surface area contributed by atoms with Crippen LogP contribution in [0.3, 0.4) is 0 Å². The van der Waals surface area contributed by atoms with Crippen LogP contribution in [0.4, 0.5) is 0 Å². The molecule has 0 fully saturated rings. The summed E-state index contributed by atoms with van der Waals surface area (Å²) >= 11 is 0. The summed E-state index contributed by atoms with van der Waals surface area (Å²) in [5.74, 6) is -1.26. The first-order valence-corrected chi connectivity index (χ1v) is 7.89. The van der Waals surface area contributed by atoms with E-state index in [0.717, 1.165) is 16.5 Å². The van der Waals surface area contributed by atoms with Gasteiger partial charge in [0.25, 0.3) is 5.91 Å². The van der Waals surface area contributed by atoms with Crippen LogP contribution in [-0.2, 0) is 25.5 Å². The number of aryl methyl sites for hydroxylation is 2. The number of carbonyl (C=O) groups is 3. The van der Waals surface area contributed by atoms with Crippen LogP contribution in [0, 0.1) is 13.8 Å². The van der Waals surface area contributed by atoms with Crippen molar-refractivity contribution in [1.29, 1.82) is 0 Å². The molecule has 2 amide bonds. The molecule has 0 aliphatic heterocycles. The Morgan fingerprint density at radius 3 is 2.56 bits per heavy atom. The highest BCUT2D eigenvalue weighted by Gasteiger charge is 2.16. The number of amides is 2. The third-order valence-corrected chi connectivity index (χ3v) is 4.05. The van der Waals surface area contributed by atoms with Gasteiger partial charge in [-0.3, -0.25) is 14.4 Å². The maximum absolute atomic E-state index is 12.0. The first-order valence-electron chi connectivity index (χ1n) is 7.89. The Morgan fingerprint density at radius 2 is 1.88 bits per heavy atom. The molecule has 1 N–H and O–H groups in total. The maximum atomic E-state index is 12.0. The van der Waals surface area contributed by atoms with Gasteiger partial charge in [0.1, 0.15) is 5.58 Å². The topological polar surface area (TPSA) is 88.9 Å². The van der Waals surface area contributed by atoms with Gasteiger partial charge in [-0.25, -0.2) is 0 Å². The third kappa shape index (κ3) is 4.59. The molecule has 1 heterocycles. The lowest BCUT2D eigenvalue weighted by atomic mass is 10.0. The summed E-state index contributed by atoms with van der Waals surface area (Å²) in [4.78, 5) is 36.3. The minimum atomic E-state index is -0.525. The largest absolute Gasteiger partial charge is 0.464 e. The highest BCUT2D eigenvalue weighted by atomic mass is 16.5. The van der Waals surface area contributed by atoms with Gasteiger partial charge in [-0.15, -0.1) is 0 Å². The van der Waals surface area contributed by atoms with Gasteiger partial charge in [0.2, 0.25) is 5.91 Å². The van der Waals surface area contributed by atoms with Crippen molar-refractivity contribution >= 4 is 28.8 Å². The molecule has 2 aromatic rings. The number of benzene rings is 1. The molecule has 1 aromatic carbocycles. The number of furan rings is 1. The van der Waals surface area contributed by atoms with Gasteiger partial charge < -0.3 is 19.4 Å². The Kier molecular flexibility index (Phi) is 5.80. The second-order valence-electron chi connectivity index (χ2n) is 5.95. The predicted molar refractivity (Wildman–Crippen MR) is 92.1 cm³/mol. The molecule has 134 valence electrons. The average molecular weight is 346 g/mol. The van der Waals surface area contributed by atoms with Gasteiger partial charge in [0.15, 0.2) is 6.61 Å². The van der Waals surface area contributed by atoms with E-state index in [0.29, 0.717) is 11.1 Å². The van der Waals surface area contributed by atoms with Gasteiger partial charge in [-0.1, -0.05) is 0 Å². The highest BCUT2D eigenvalue weighted by Crippen LogP contribution is 2.25. The Labute approximate surface area is 145 Å². The molecule has 0 saturated heterocycles. The fraction of sp³-hybridized carbons (Fsp3) is 0.389. The monoisotopic (exact) mass is 346 g/mol. The number of hydrogen-bond acceptors (Lipinski definition) is 5. The first kappa shape index (κ1) is 18.5. The summed E-state index contributed by atoms with van der Waals surface area (Å²) in [6.45, 7) is 3.50. The smallest absolute Gasteiger partial charge is 0.310 e. The SMILES string of the molecule is CNC(=O)CN(C)C(=O)COC(=O)Cc1coc2cc(C)c(C)cc12. The number of fused-ring (bicyclic) bond motifs is 1. The minimum absolute atomic E-state index is 0.0158. The van der Waals surface area contributed by atoms with Crippen LogP contribution in [0.1, 0.15) is 16.7 Å². The van der Waals surface area contributed by atoms with E-state index in [9.17, 15) is 14.4 Å². The molecule has 0 aliphatic carbocycles. The quantitative estimate of drug-likeness (QED) is 0.798. The average Bonchev–Trinajstić information content (AvgIpc) is 2.94. The number of esters is 1.